The number of halogens is 2. The predicted octanol–water partition coefficient (Wildman–Crippen LogP) is 4.92. The smallest absolute Gasteiger partial charge is 0.311 e. The van der Waals surface area contributed by atoms with Crippen molar-refractivity contribution in [2.45, 2.75) is 12.3 Å². The summed E-state index contributed by atoms with van der Waals surface area (Å²) in [5.74, 6) is -2.32. The third kappa shape index (κ3) is 3.16. The number of hydrogen-bond donors (Lipinski definition) is 2. The molecule has 24 heavy (non-hydrogen) atoms. The van der Waals surface area contributed by atoms with E-state index >= 15 is 0 Å². The second-order valence-electron chi connectivity index (χ2n) is 5.43. The maximum Gasteiger partial charge on any atom is 0.311 e. The minimum Gasteiger partial charge on any atom is -0.481 e. The van der Waals surface area contributed by atoms with Gasteiger partial charge in [0.2, 0.25) is 0 Å². The van der Waals surface area contributed by atoms with Gasteiger partial charge in [-0.25, -0.2) is 0 Å². The third-order valence-corrected chi connectivity index (χ3v) is 4.48. The summed E-state index contributed by atoms with van der Waals surface area (Å²) >= 11 is 12.0. The molecule has 3 rings (SSSR count). The molecule has 0 saturated carbocycles. The number of hydrogen-bond acceptors (Lipinski definition) is 2. The average Bonchev–Trinajstić information content (AvgIpc) is 2.98. The lowest BCUT2D eigenvalue weighted by Gasteiger charge is -2.12. The number of aromatic nitrogens is 1. The predicted molar refractivity (Wildman–Crippen MR) is 94.1 cm³/mol. The van der Waals surface area contributed by atoms with E-state index < -0.39 is 11.9 Å². The fourth-order valence-electron chi connectivity index (χ4n) is 2.71. The van der Waals surface area contributed by atoms with Gasteiger partial charge in [-0.1, -0.05) is 29.3 Å². The van der Waals surface area contributed by atoms with Crippen molar-refractivity contribution in [3.05, 3.63) is 69.8 Å². The standard InChI is InChI=1S/C18H13Cl2NO3/c19-11-6-4-10(5-7-11)16(22)8-12(18(23)24)13-9-21-15-3-1-2-14(20)17(13)15/h1-7,9,12,21H,8H2,(H,23,24). The largest absolute Gasteiger partial charge is 0.481 e. The molecule has 0 radical (unpaired) electrons. The zero-order valence-electron chi connectivity index (χ0n) is 12.4. The number of benzene rings is 2. The van der Waals surface area contributed by atoms with Gasteiger partial charge < -0.3 is 10.1 Å². The number of ketones is 1. The fraction of sp³-hybridized carbons (Fsp3) is 0.111. The second-order valence-corrected chi connectivity index (χ2v) is 6.28. The van der Waals surface area contributed by atoms with Gasteiger partial charge in [-0.15, -0.1) is 0 Å². The van der Waals surface area contributed by atoms with Crippen molar-refractivity contribution in [3.8, 4) is 0 Å². The lowest BCUT2D eigenvalue weighted by Crippen LogP contribution is -2.16. The van der Waals surface area contributed by atoms with E-state index in [0.29, 0.717) is 26.6 Å². The Hall–Kier alpha value is -2.30. The molecule has 0 fully saturated rings. The van der Waals surface area contributed by atoms with Crippen LogP contribution in [0.3, 0.4) is 0 Å². The Balaban J connectivity index is 1.96. The highest BCUT2D eigenvalue weighted by atomic mass is 35.5. The lowest BCUT2D eigenvalue weighted by molar-refractivity contribution is -0.138. The quantitative estimate of drug-likeness (QED) is 0.633. The molecule has 2 N–H and O–H groups in total. The molecule has 1 aromatic heterocycles. The number of carbonyl (C=O) groups is 2. The van der Waals surface area contributed by atoms with Gasteiger partial charge in [0.1, 0.15) is 0 Å². The number of rotatable bonds is 5. The molecule has 0 spiro atoms. The molecular weight excluding hydrogens is 349 g/mol. The van der Waals surface area contributed by atoms with Crippen LogP contribution >= 0.6 is 23.2 Å². The Bertz CT molecular complexity index is 916. The highest BCUT2D eigenvalue weighted by Crippen LogP contribution is 2.33. The first kappa shape index (κ1) is 16.6. The minimum absolute atomic E-state index is 0.158. The van der Waals surface area contributed by atoms with Crippen LogP contribution in [-0.4, -0.2) is 21.8 Å². The van der Waals surface area contributed by atoms with Crippen LogP contribution in [0.25, 0.3) is 10.9 Å². The Morgan fingerprint density at radius 1 is 1.08 bits per heavy atom. The molecular formula is C18H13Cl2NO3. The number of carboxylic acid groups (broad SMARTS) is 1. The van der Waals surface area contributed by atoms with Crippen LogP contribution in [0.1, 0.15) is 28.3 Å². The van der Waals surface area contributed by atoms with Crippen molar-refractivity contribution in [3.63, 3.8) is 0 Å². The first-order valence-electron chi connectivity index (χ1n) is 7.24. The zero-order valence-corrected chi connectivity index (χ0v) is 13.9. The summed E-state index contributed by atoms with van der Waals surface area (Å²) in [6, 6.07) is 11.7. The molecule has 0 amide bonds. The Kier molecular flexibility index (Phi) is 4.60. The van der Waals surface area contributed by atoms with Crippen LogP contribution < -0.4 is 0 Å². The fourth-order valence-corrected chi connectivity index (χ4v) is 3.12. The molecule has 0 aliphatic carbocycles. The molecule has 0 aliphatic heterocycles. The number of Topliss-reactive ketones (excluding diaryl/α,β-unsaturated/α-hetero) is 1. The summed E-state index contributed by atoms with van der Waals surface area (Å²) in [6.45, 7) is 0. The normalized spacial score (nSPS) is 12.2. The van der Waals surface area contributed by atoms with Crippen molar-refractivity contribution >= 4 is 45.9 Å². The van der Waals surface area contributed by atoms with Crippen LogP contribution in [-0.2, 0) is 4.79 Å². The van der Waals surface area contributed by atoms with Crippen molar-refractivity contribution in [2.24, 2.45) is 0 Å². The minimum atomic E-state index is -1.07. The molecule has 0 bridgehead atoms. The molecule has 1 heterocycles. The topological polar surface area (TPSA) is 70.2 Å². The molecule has 2 aromatic carbocycles. The summed E-state index contributed by atoms with van der Waals surface area (Å²) in [7, 11) is 0. The summed E-state index contributed by atoms with van der Waals surface area (Å²) in [5.41, 5.74) is 1.67. The summed E-state index contributed by atoms with van der Waals surface area (Å²) < 4.78 is 0. The number of nitrogens with one attached hydrogen (secondary N) is 1. The van der Waals surface area contributed by atoms with Crippen LogP contribution in [0.5, 0.6) is 0 Å². The lowest BCUT2D eigenvalue weighted by atomic mass is 9.91. The van der Waals surface area contributed by atoms with Gasteiger partial charge in [0.15, 0.2) is 5.78 Å². The van der Waals surface area contributed by atoms with E-state index in [1.54, 1.807) is 42.6 Å². The van der Waals surface area contributed by atoms with Crippen LogP contribution in [0, 0.1) is 0 Å². The van der Waals surface area contributed by atoms with E-state index in [4.69, 9.17) is 23.2 Å². The molecule has 0 saturated heterocycles. The molecule has 0 aliphatic rings. The second kappa shape index (κ2) is 6.67. The van der Waals surface area contributed by atoms with Gasteiger partial charge in [-0.2, -0.15) is 0 Å². The van der Waals surface area contributed by atoms with Gasteiger partial charge >= 0.3 is 5.97 Å². The Morgan fingerprint density at radius 3 is 2.46 bits per heavy atom. The van der Waals surface area contributed by atoms with E-state index in [1.165, 1.54) is 0 Å². The molecule has 1 atom stereocenters. The molecule has 6 heteroatoms. The van der Waals surface area contributed by atoms with E-state index in [9.17, 15) is 14.7 Å². The first-order valence-corrected chi connectivity index (χ1v) is 8.00. The maximum absolute atomic E-state index is 12.4. The van der Waals surface area contributed by atoms with Gasteiger partial charge in [0, 0.05) is 34.1 Å². The third-order valence-electron chi connectivity index (χ3n) is 3.91. The van der Waals surface area contributed by atoms with Gasteiger partial charge in [0.05, 0.1) is 10.9 Å². The van der Waals surface area contributed by atoms with Crippen molar-refractivity contribution in [2.75, 3.05) is 0 Å². The van der Waals surface area contributed by atoms with E-state index in [-0.39, 0.29) is 12.2 Å². The van der Waals surface area contributed by atoms with E-state index in [1.807, 2.05) is 6.07 Å². The molecule has 1 unspecified atom stereocenters. The maximum atomic E-state index is 12.4. The van der Waals surface area contributed by atoms with Crippen LogP contribution in [0.2, 0.25) is 10.0 Å². The monoisotopic (exact) mass is 361 g/mol. The van der Waals surface area contributed by atoms with Gasteiger partial charge in [0.25, 0.3) is 0 Å². The Labute approximate surface area is 148 Å². The summed E-state index contributed by atoms with van der Waals surface area (Å²) in [6.07, 6.45) is 1.44. The number of fused-ring (bicyclic) bond motifs is 1. The molecule has 3 aromatic rings. The molecule has 4 nitrogen and oxygen atoms in total. The average molecular weight is 362 g/mol. The number of aromatic amines is 1. The van der Waals surface area contributed by atoms with Gasteiger partial charge in [-0.05, 0) is 42.0 Å². The van der Waals surface area contributed by atoms with Crippen molar-refractivity contribution < 1.29 is 14.7 Å². The van der Waals surface area contributed by atoms with Crippen molar-refractivity contribution in [1.29, 1.82) is 0 Å². The SMILES string of the molecule is O=C(CC(C(=O)O)c1c[nH]c2cccc(Cl)c12)c1ccc(Cl)cc1. The van der Waals surface area contributed by atoms with Gasteiger partial charge in [-0.3, -0.25) is 9.59 Å². The summed E-state index contributed by atoms with van der Waals surface area (Å²) in [5, 5.41) is 11.2. The van der Waals surface area contributed by atoms with E-state index in [2.05, 4.69) is 4.98 Å². The molecule has 122 valence electrons. The van der Waals surface area contributed by atoms with Crippen molar-refractivity contribution in [1.82, 2.24) is 4.98 Å². The highest BCUT2D eigenvalue weighted by molar-refractivity contribution is 6.35. The van der Waals surface area contributed by atoms with E-state index in [0.717, 1.165) is 5.52 Å². The number of H-pyrrole nitrogens is 1. The first-order chi connectivity index (χ1) is 11.5. The summed E-state index contributed by atoms with van der Waals surface area (Å²) in [4.78, 5) is 27.2. The van der Waals surface area contributed by atoms with Crippen LogP contribution in [0.4, 0.5) is 0 Å². The number of aliphatic carboxylic acids is 1. The number of carbonyl (C=O) groups excluding carboxylic acids is 1. The number of carboxylic acids is 1. The zero-order chi connectivity index (χ0) is 17.3. The highest BCUT2D eigenvalue weighted by Gasteiger charge is 2.27. The van der Waals surface area contributed by atoms with Crippen LogP contribution in [0.15, 0.2) is 48.7 Å². The Morgan fingerprint density at radius 2 is 1.79 bits per heavy atom.